The van der Waals surface area contributed by atoms with Crippen LogP contribution in [-0.2, 0) is 0 Å². The molecule has 4 aromatic rings. The molecule has 0 atom stereocenters. The van der Waals surface area contributed by atoms with E-state index in [1.165, 1.54) is 25.6 Å². The molecule has 7 heteroatoms. The summed E-state index contributed by atoms with van der Waals surface area (Å²) in [5.41, 5.74) is 2.86. The molecule has 3 aromatic heterocycles. The predicted octanol–water partition coefficient (Wildman–Crippen LogP) is 3.93. The van der Waals surface area contributed by atoms with E-state index in [1.54, 1.807) is 11.3 Å². The van der Waals surface area contributed by atoms with E-state index in [0.717, 1.165) is 4.44 Å². The van der Waals surface area contributed by atoms with Crippen LogP contribution >= 0.6 is 11.3 Å². The third-order valence-corrected chi connectivity index (χ3v) is 14.4. The Balaban J connectivity index is 1.44. The second-order valence-corrected chi connectivity index (χ2v) is 17.3. The molecule has 31 heavy (non-hydrogen) atoms. The Labute approximate surface area is 197 Å². The second kappa shape index (κ2) is 7.01. The minimum atomic E-state index is -1.73. The van der Waals surface area contributed by atoms with Gasteiger partial charge in [-0.15, -0.1) is 0 Å². The number of hydrogen-bond acceptors (Lipinski definition) is 4. The summed E-state index contributed by atoms with van der Waals surface area (Å²) in [6, 6.07) is 15.3. The van der Waals surface area contributed by atoms with Crippen LogP contribution in [0.2, 0.25) is 13.1 Å². The Morgan fingerprint density at radius 1 is 0.935 bits per heavy atom. The molecule has 0 spiro atoms. The van der Waals surface area contributed by atoms with Gasteiger partial charge in [0.2, 0.25) is 0 Å². The van der Waals surface area contributed by atoms with Crippen LogP contribution in [0.15, 0.2) is 63.3 Å². The minimum absolute atomic E-state index is 0.0232. The van der Waals surface area contributed by atoms with Crippen molar-refractivity contribution in [3.63, 3.8) is 0 Å². The number of carbonyl (C=O) groups excluding carboxylic acids is 2. The van der Waals surface area contributed by atoms with E-state index < -0.39 is 8.07 Å². The van der Waals surface area contributed by atoms with Crippen LogP contribution < -0.4 is 15.3 Å². The molecule has 0 amide bonds. The average molecular weight is 569 g/mol. The Bertz CT molecular complexity index is 1390. The number of anilines is 3. The van der Waals surface area contributed by atoms with Gasteiger partial charge < -0.3 is 0 Å². The first kappa shape index (κ1) is 19.7. The maximum atomic E-state index is 12.7. The molecule has 0 radical (unpaired) electrons. The zero-order chi connectivity index (χ0) is 21.3. The molecular weight excluding hydrogens is 552 g/mol. The molecule has 0 fully saturated rings. The summed E-state index contributed by atoms with van der Waals surface area (Å²) in [7, 11) is -1.73. The van der Waals surface area contributed by atoms with Gasteiger partial charge in [-0.2, -0.15) is 0 Å². The third kappa shape index (κ3) is 2.82. The molecule has 1 aliphatic carbocycles. The number of nitrogens with zero attached hydrogens (tertiary/aromatic N) is 1. The van der Waals surface area contributed by atoms with Gasteiger partial charge in [-0.3, -0.25) is 0 Å². The van der Waals surface area contributed by atoms with Crippen LogP contribution in [0.3, 0.4) is 0 Å². The van der Waals surface area contributed by atoms with E-state index in [9.17, 15) is 9.59 Å². The van der Waals surface area contributed by atoms with E-state index in [0.29, 0.717) is 16.7 Å². The van der Waals surface area contributed by atoms with Gasteiger partial charge in [0.25, 0.3) is 0 Å². The zero-order valence-electron chi connectivity index (χ0n) is 16.8. The Hall–Kier alpha value is -1.98. The number of rotatable bonds is 2. The number of allylic oxidation sites excluding steroid dienone is 1. The predicted molar refractivity (Wildman–Crippen MR) is 133 cm³/mol. The first-order valence-corrected chi connectivity index (χ1v) is 17.5. The normalized spacial score (nSPS) is 16.3. The topological polar surface area (TPSA) is 37.4 Å². The molecule has 3 nitrogen and oxygen atoms in total. The molecule has 0 bridgehead atoms. The van der Waals surface area contributed by atoms with E-state index in [2.05, 4.69) is 65.8 Å². The monoisotopic (exact) mass is 571 g/mol. The van der Waals surface area contributed by atoms with E-state index in [1.807, 2.05) is 16.0 Å². The van der Waals surface area contributed by atoms with Crippen molar-refractivity contribution in [1.82, 2.24) is 0 Å². The van der Waals surface area contributed by atoms with Crippen LogP contribution in [0.4, 0.5) is 15.2 Å². The van der Waals surface area contributed by atoms with Crippen molar-refractivity contribution in [3.8, 4) is 0 Å². The van der Waals surface area contributed by atoms with Gasteiger partial charge in [0.1, 0.15) is 0 Å². The van der Waals surface area contributed by atoms with Gasteiger partial charge in [0.15, 0.2) is 0 Å². The average Bonchev–Trinajstić information content (AvgIpc) is 3.54. The second-order valence-electron chi connectivity index (χ2n) is 8.21. The van der Waals surface area contributed by atoms with Crippen molar-refractivity contribution in [2.45, 2.75) is 13.1 Å². The number of ketones is 2. The van der Waals surface area contributed by atoms with E-state index >= 15 is 0 Å². The number of carbonyl (C=O) groups is 2. The number of Topliss-reactive ketones (excluding diaryl/α,β-unsaturated/α-hetero) is 2. The van der Waals surface area contributed by atoms with Crippen molar-refractivity contribution in [3.05, 3.63) is 78.9 Å². The molecule has 2 aliphatic rings. The fourth-order valence-electron chi connectivity index (χ4n) is 4.48. The third-order valence-electron chi connectivity index (χ3n) is 6.10. The van der Waals surface area contributed by atoms with Crippen molar-refractivity contribution >= 4 is 91.7 Å². The number of fused-ring (bicyclic) bond motifs is 3. The zero-order valence-corrected chi connectivity index (χ0v) is 22.1. The van der Waals surface area contributed by atoms with Crippen LogP contribution in [0.1, 0.15) is 25.2 Å². The summed E-state index contributed by atoms with van der Waals surface area (Å²) in [5, 5.41) is 6.47. The first-order chi connectivity index (χ1) is 15.0. The standard InChI is InChI=1S/C24H17NO2SSe2Si/c1-31(2)19-6-4-3-5-18(19)25(24-20(31)9-10-28-24)21-8-7-14(30-21)11-15-22(26)16-12-29-13-17(16)23(15)27/h3-13H,1-2H3. The number of thiophene rings is 1. The molecule has 6 rings (SSSR count). The summed E-state index contributed by atoms with van der Waals surface area (Å²) in [6.07, 6.45) is 1.84. The maximum absolute atomic E-state index is 12.7. The summed E-state index contributed by atoms with van der Waals surface area (Å²) < 4.78 is 2.32. The molecule has 4 heterocycles. The van der Waals surface area contributed by atoms with Gasteiger partial charge in [-0.25, -0.2) is 0 Å². The fourth-order valence-corrected chi connectivity index (χ4v) is 13.0. The molecule has 1 aromatic carbocycles. The Morgan fingerprint density at radius 2 is 1.68 bits per heavy atom. The first-order valence-electron chi connectivity index (χ1n) is 9.91. The quantitative estimate of drug-likeness (QED) is 0.209. The van der Waals surface area contributed by atoms with Crippen molar-refractivity contribution in [2.24, 2.45) is 0 Å². The fraction of sp³-hybridized carbons (Fsp3) is 0.0833. The molecular formula is C24H17NO2SSe2Si. The van der Waals surface area contributed by atoms with Gasteiger partial charge in [-0.05, 0) is 0 Å². The molecule has 0 N–H and O–H groups in total. The van der Waals surface area contributed by atoms with Crippen molar-refractivity contribution in [1.29, 1.82) is 0 Å². The SMILES string of the molecule is C[Si]1(C)c2ccccc2N(c2ccc(C=C3C(=O)c4c[se]cc4C3=O)[se]2)c2sccc21. The van der Waals surface area contributed by atoms with Gasteiger partial charge in [0, 0.05) is 0 Å². The van der Waals surface area contributed by atoms with Gasteiger partial charge in [0.05, 0.1) is 0 Å². The number of benzene rings is 1. The molecule has 0 saturated carbocycles. The molecule has 152 valence electrons. The molecule has 1 aliphatic heterocycles. The molecule has 0 saturated heterocycles. The van der Waals surface area contributed by atoms with Crippen LogP contribution in [0, 0.1) is 0 Å². The molecule has 0 unspecified atom stereocenters. The van der Waals surface area contributed by atoms with Crippen molar-refractivity contribution < 1.29 is 9.59 Å². The van der Waals surface area contributed by atoms with E-state index in [-0.39, 0.29) is 40.6 Å². The van der Waals surface area contributed by atoms with Gasteiger partial charge >= 0.3 is 198 Å². The van der Waals surface area contributed by atoms with Crippen LogP contribution in [0.5, 0.6) is 0 Å². The van der Waals surface area contributed by atoms with Crippen LogP contribution in [-0.4, -0.2) is 48.6 Å². The summed E-state index contributed by atoms with van der Waals surface area (Å²) in [6.45, 7) is 4.85. The Kier molecular flexibility index (Phi) is 4.45. The summed E-state index contributed by atoms with van der Waals surface area (Å²) in [5.74, 6) is -0.199. The number of para-hydroxylation sites is 1. The van der Waals surface area contributed by atoms with Crippen molar-refractivity contribution in [2.75, 3.05) is 4.90 Å². The van der Waals surface area contributed by atoms with Crippen LogP contribution in [0.25, 0.3) is 6.08 Å². The summed E-state index contributed by atoms with van der Waals surface area (Å²) >= 11 is 1.97. The Morgan fingerprint density at radius 3 is 2.45 bits per heavy atom. The van der Waals surface area contributed by atoms with Gasteiger partial charge in [-0.1, -0.05) is 0 Å². The van der Waals surface area contributed by atoms with E-state index in [4.69, 9.17) is 0 Å². The summed E-state index contributed by atoms with van der Waals surface area (Å²) in [4.78, 5) is 31.7. The number of hydrogen-bond donors (Lipinski definition) is 0.